The van der Waals surface area contributed by atoms with Crippen molar-refractivity contribution in [1.29, 1.82) is 0 Å². The predicted octanol–water partition coefficient (Wildman–Crippen LogP) is 4.33. The fourth-order valence-electron chi connectivity index (χ4n) is 4.58. The average Bonchev–Trinajstić information content (AvgIpc) is 3.52. The molecule has 2 aromatic heterocycles. The molecule has 1 unspecified atom stereocenters. The second kappa shape index (κ2) is 9.49. The normalized spacial score (nSPS) is 16.0. The number of nitrogens with one attached hydrogen (secondary N) is 1. The summed E-state index contributed by atoms with van der Waals surface area (Å²) in [5.41, 5.74) is 7.23. The Bertz CT molecular complexity index is 1480. The van der Waals surface area contributed by atoms with Gasteiger partial charge >= 0.3 is 6.18 Å². The highest BCUT2D eigenvalue weighted by atomic mass is 19.4. The van der Waals surface area contributed by atoms with Gasteiger partial charge in [0.15, 0.2) is 11.5 Å². The fourth-order valence-corrected chi connectivity index (χ4v) is 4.58. The number of methoxy groups -OCH3 is 1. The van der Waals surface area contributed by atoms with Gasteiger partial charge in [0.2, 0.25) is 5.89 Å². The van der Waals surface area contributed by atoms with Gasteiger partial charge in [0, 0.05) is 10.9 Å². The number of oxazole rings is 1. The molecule has 0 fully saturated rings. The number of carbonyl (C=O) groups is 1. The molecule has 192 valence electrons. The Morgan fingerprint density at radius 2 is 2.00 bits per heavy atom. The molecular weight excluding hydrogens is 489 g/mol. The summed E-state index contributed by atoms with van der Waals surface area (Å²) in [5, 5.41) is 12.9. The number of nitrogens with two attached hydrogens (primary N) is 1. The van der Waals surface area contributed by atoms with E-state index in [4.69, 9.17) is 14.9 Å². The standard InChI is InChI=1S/C26H23F3N4O4/c1-36-19-10-7-16(15-8-11-20(26(27,28)29)32-21(15)19)25-33-22(23(37-25)17(30)12-34)24(35)31-18-9-6-13-4-2-3-5-14(13)18/h2-5,7-8,10-11,17-18,34H,6,9,12,30H2,1H3,(H,31,35)/t17-,18?/m0/s1. The largest absolute Gasteiger partial charge is 0.494 e. The van der Waals surface area contributed by atoms with Crippen molar-refractivity contribution in [2.75, 3.05) is 13.7 Å². The maximum atomic E-state index is 13.3. The molecule has 4 N–H and O–H groups in total. The molecule has 11 heteroatoms. The molecule has 0 aliphatic heterocycles. The van der Waals surface area contributed by atoms with Crippen molar-refractivity contribution in [2.24, 2.45) is 5.73 Å². The van der Waals surface area contributed by atoms with Gasteiger partial charge in [0.05, 0.1) is 25.8 Å². The van der Waals surface area contributed by atoms with E-state index in [1.165, 1.54) is 19.2 Å². The molecule has 1 aliphatic rings. The molecular formula is C26H23F3N4O4. The van der Waals surface area contributed by atoms with Crippen molar-refractivity contribution in [3.63, 3.8) is 0 Å². The first kappa shape index (κ1) is 24.7. The highest BCUT2D eigenvalue weighted by Gasteiger charge is 2.34. The quantitative estimate of drug-likeness (QED) is 0.351. The van der Waals surface area contributed by atoms with Gasteiger partial charge in [-0.3, -0.25) is 4.79 Å². The lowest BCUT2D eigenvalue weighted by atomic mass is 10.1. The summed E-state index contributed by atoms with van der Waals surface area (Å²) in [6.07, 6.45) is -3.12. The van der Waals surface area contributed by atoms with Gasteiger partial charge in [-0.25, -0.2) is 9.97 Å². The van der Waals surface area contributed by atoms with Gasteiger partial charge in [0.1, 0.15) is 17.0 Å². The number of amides is 1. The molecule has 8 nitrogen and oxygen atoms in total. The highest BCUT2D eigenvalue weighted by Crippen LogP contribution is 2.38. The van der Waals surface area contributed by atoms with Crippen molar-refractivity contribution in [2.45, 2.75) is 31.1 Å². The van der Waals surface area contributed by atoms with Crippen LogP contribution in [0.3, 0.4) is 0 Å². The number of aromatic nitrogens is 2. The molecule has 0 saturated heterocycles. The Morgan fingerprint density at radius 1 is 1.22 bits per heavy atom. The van der Waals surface area contributed by atoms with E-state index in [-0.39, 0.29) is 45.6 Å². The van der Waals surface area contributed by atoms with E-state index < -0.39 is 30.4 Å². The number of fused-ring (bicyclic) bond motifs is 2. The lowest BCUT2D eigenvalue weighted by molar-refractivity contribution is -0.140. The number of nitrogens with zero attached hydrogens (tertiary/aromatic N) is 2. The lowest BCUT2D eigenvalue weighted by Gasteiger charge is -2.14. The molecule has 0 bridgehead atoms. The van der Waals surface area contributed by atoms with E-state index >= 15 is 0 Å². The molecule has 0 radical (unpaired) electrons. The molecule has 2 atom stereocenters. The topological polar surface area (TPSA) is 124 Å². The minimum atomic E-state index is -4.65. The van der Waals surface area contributed by atoms with Gasteiger partial charge in [0.25, 0.3) is 5.91 Å². The van der Waals surface area contributed by atoms with E-state index in [2.05, 4.69) is 15.3 Å². The fraction of sp³-hybridized carbons (Fsp3) is 0.269. The Balaban J connectivity index is 1.57. The summed E-state index contributed by atoms with van der Waals surface area (Å²) < 4.78 is 50.9. The summed E-state index contributed by atoms with van der Waals surface area (Å²) in [6, 6.07) is 11.6. The van der Waals surface area contributed by atoms with Gasteiger partial charge < -0.3 is 25.3 Å². The van der Waals surface area contributed by atoms with Gasteiger partial charge in [-0.2, -0.15) is 13.2 Å². The van der Waals surface area contributed by atoms with Crippen LogP contribution in [0.25, 0.3) is 22.4 Å². The Morgan fingerprint density at radius 3 is 2.73 bits per heavy atom. The minimum absolute atomic E-state index is 0.0369. The third-order valence-electron chi connectivity index (χ3n) is 6.40. The molecule has 0 saturated carbocycles. The number of alkyl halides is 3. The van der Waals surface area contributed by atoms with E-state index in [9.17, 15) is 23.1 Å². The Hall–Kier alpha value is -3.96. The van der Waals surface area contributed by atoms with Crippen LogP contribution in [0.15, 0.2) is 52.9 Å². The van der Waals surface area contributed by atoms with Crippen molar-refractivity contribution in [3.8, 4) is 17.2 Å². The number of aryl methyl sites for hydroxylation is 1. The molecule has 0 spiro atoms. The maximum absolute atomic E-state index is 13.3. The zero-order valence-corrected chi connectivity index (χ0v) is 19.7. The number of halogens is 3. The third kappa shape index (κ3) is 4.51. The van der Waals surface area contributed by atoms with Crippen LogP contribution in [0.2, 0.25) is 0 Å². The van der Waals surface area contributed by atoms with Gasteiger partial charge in [-0.15, -0.1) is 0 Å². The third-order valence-corrected chi connectivity index (χ3v) is 6.40. The second-order valence-corrected chi connectivity index (χ2v) is 8.69. The lowest BCUT2D eigenvalue weighted by Crippen LogP contribution is -2.29. The van der Waals surface area contributed by atoms with Crippen LogP contribution < -0.4 is 15.8 Å². The first-order valence-electron chi connectivity index (χ1n) is 11.5. The zero-order valence-electron chi connectivity index (χ0n) is 19.7. The van der Waals surface area contributed by atoms with Crippen LogP contribution >= 0.6 is 0 Å². The summed E-state index contributed by atoms with van der Waals surface area (Å²) in [6.45, 7) is -0.513. The van der Waals surface area contributed by atoms with E-state index in [0.717, 1.165) is 23.6 Å². The number of hydrogen-bond acceptors (Lipinski definition) is 7. The monoisotopic (exact) mass is 512 g/mol. The Labute approximate surface area is 209 Å². The van der Waals surface area contributed by atoms with Gasteiger partial charge in [-0.1, -0.05) is 24.3 Å². The summed E-state index contributed by atoms with van der Waals surface area (Å²) >= 11 is 0. The van der Waals surface area contributed by atoms with Gasteiger partial charge in [-0.05, 0) is 48.2 Å². The van der Waals surface area contributed by atoms with Crippen molar-refractivity contribution >= 4 is 16.8 Å². The first-order chi connectivity index (χ1) is 17.7. The molecule has 2 heterocycles. The molecule has 4 aromatic rings. The first-order valence-corrected chi connectivity index (χ1v) is 11.5. The smallest absolute Gasteiger partial charge is 0.433 e. The molecule has 2 aromatic carbocycles. The number of pyridine rings is 1. The van der Waals surface area contributed by atoms with Crippen molar-refractivity contribution in [1.82, 2.24) is 15.3 Å². The number of aliphatic hydroxyl groups excluding tert-OH is 1. The van der Waals surface area contributed by atoms with Crippen LogP contribution in [-0.4, -0.2) is 34.7 Å². The number of benzene rings is 2. The summed E-state index contributed by atoms with van der Waals surface area (Å²) in [4.78, 5) is 21.4. The number of ether oxygens (including phenoxy) is 1. The number of rotatable bonds is 6. The summed E-state index contributed by atoms with van der Waals surface area (Å²) in [7, 11) is 1.32. The van der Waals surface area contributed by atoms with E-state index in [1.54, 1.807) is 6.07 Å². The average molecular weight is 512 g/mol. The maximum Gasteiger partial charge on any atom is 0.433 e. The van der Waals surface area contributed by atoms with Crippen LogP contribution in [0.1, 0.15) is 51.6 Å². The van der Waals surface area contributed by atoms with Crippen molar-refractivity contribution < 1.29 is 32.2 Å². The zero-order chi connectivity index (χ0) is 26.3. The van der Waals surface area contributed by atoms with Crippen LogP contribution in [0, 0.1) is 0 Å². The Kier molecular flexibility index (Phi) is 6.34. The van der Waals surface area contributed by atoms with Crippen LogP contribution in [0.5, 0.6) is 5.75 Å². The highest BCUT2D eigenvalue weighted by molar-refractivity contribution is 5.98. The van der Waals surface area contributed by atoms with Crippen molar-refractivity contribution in [3.05, 3.63) is 76.8 Å². The SMILES string of the molecule is COc1ccc(-c2nc(C(=O)NC3CCc4ccccc43)c([C@@H](N)CO)o2)c2ccc(C(F)(F)F)nc12. The molecule has 5 rings (SSSR count). The number of hydrogen-bond donors (Lipinski definition) is 3. The molecule has 1 amide bonds. The molecule has 1 aliphatic carbocycles. The predicted molar refractivity (Wildman–Crippen MR) is 128 cm³/mol. The number of aliphatic hydroxyl groups is 1. The number of carbonyl (C=O) groups excluding carboxylic acids is 1. The van der Waals surface area contributed by atoms with E-state index in [1.807, 2.05) is 24.3 Å². The van der Waals surface area contributed by atoms with Crippen LogP contribution in [-0.2, 0) is 12.6 Å². The van der Waals surface area contributed by atoms with Crippen LogP contribution in [0.4, 0.5) is 13.2 Å². The molecule has 37 heavy (non-hydrogen) atoms. The van der Waals surface area contributed by atoms with E-state index in [0.29, 0.717) is 6.42 Å². The minimum Gasteiger partial charge on any atom is -0.494 e. The second-order valence-electron chi connectivity index (χ2n) is 8.69. The summed E-state index contributed by atoms with van der Waals surface area (Å²) in [5.74, 6) is -0.498.